The van der Waals surface area contributed by atoms with Crippen LogP contribution >= 0.6 is 0 Å². The lowest BCUT2D eigenvalue weighted by Crippen LogP contribution is -2.32. The van der Waals surface area contributed by atoms with Crippen molar-refractivity contribution in [3.8, 4) is 0 Å². The number of carbonyl (C=O) groups is 1. The molecule has 0 aromatic heterocycles. The molecule has 5 heteroatoms. The Balaban J connectivity index is 0. The van der Waals surface area contributed by atoms with E-state index in [0.717, 1.165) is 13.1 Å². The Morgan fingerprint density at radius 2 is 1.69 bits per heavy atom. The van der Waals surface area contributed by atoms with Crippen LogP contribution in [0.25, 0.3) is 0 Å². The van der Waals surface area contributed by atoms with E-state index in [-0.39, 0.29) is 6.23 Å². The number of rotatable bonds is 4. The summed E-state index contributed by atoms with van der Waals surface area (Å²) in [4.78, 5) is 11.1. The van der Waals surface area contributed by atoms with Crippen LogP contribution in [0, 0.1) is 0 Å². The average molecular weight is 193 g/mol. The molecule has 0 aliphatic rings. The minimum Gasteiger partial charge on any atom is -0.480 e. The summed E-state index contributed by atoms with van der Waals surface area (Å²) in [5.41, 5.74) is 0. The maximum absolute atomic E-state index is 9.12. The van der Waals surface area contributed by atoms with E-state index < -0.39 is 12.6 Å². The van der Waals surface area contributed by atoms with Gasteiger partial charge in [0.1, 0.15) is 12.8 Å². The standard InChI is InChI=1S/C6H15NO.C2H4O3/c1-4-7(5-2)6(3)8;3-1-2(4)5/h6,8H,4-5H2,1-3H3;3H,1H2,(H,4,5). The first-order valence-corrected chi connectivity index (χ1v) is 4.24. The second-order valence-electron chi connectivity index (χ2n) is 2.40. The number of nitrogens with zero attached hydrogens (tertiary/aromatic N) is 1. The van der Waals surface area contributed by atoms with Gasteiger partial charge in [-0.25, -0.2) is 4.79 Å². The normalized spacial score (nSPS) is 11.8. The molecule has 0 aromatic carbocycles. The first-order chi connectivity index (χ1) is 5.99. The molecule has 0 fully saturated rings. The Morgan fingerprint density at radius 3 is 1.69 bits per heavy atom. The molecule has 0 bridgehead atoms. The van der Waals surface area contributed by atoms with E-state index in [9.17, 15) is 0 Å². The lowest BCUT2D eigenvalue weighted by Gasteiger charge is -2.20. The van der Waals surface area contributed by atoms with E-state index in [1.807, 2.05) is 18.7 Å². The van der Waals surface area contributed by atoms with Crippen molar-refractivity contribution >= 4 is 5.97 Å². The number of carboxylic acids is 1. The van der Waals surface area contributed by atoms with Crippen molar-refractivity contribution in [3.05, 3.63) is 0 Å². The predicted octanol–water partition coefficient (Wildman–Crippen LogP) is -0.270. The van der Waals surface area contributed by atoms with Crippen LogP contribution in [0.15, 0.2) is 0 Å². The van der Waals surface area contributed by atoms with E-state index in [2.05, 4.69) is 0 Å². The molecule has 0 aromatic rings. The van der Waals surface area contributed by atoms with Crippen LogP contribution in [-0.4, -0.2) is 52.1 Å². The average Bonchev–Trinajstić information content (AvgIpc) is 2.07. The number of aliphatic hydroxyl groups excluding tert-OH is 2. The maximum atomic E-state index is 9.12. The molecule has 0 saturated carbocycles. The Labute approximate surface area is 78.6 Å². The van der Waals surface area contributed by atoms with E-state index in [1.54, 1.807) is 6.92 Å². The third kappa shape index (κ3) is 11.3. The number of carboxylic acid groups (broad SMARTS) is 1. The van der Waals surface area contributed by atoms with Gasteiger partial charge < -0.3 is 15.3 Å². The highest BCUT2D eigenvalue weighted by Crippen LogP contribution is 1.91. The van der Waals surface area contributed by atoms with Gasteiger partial charge in [0, 0.05) is 0 Å². The molecule has 0 spiro atoms. The van der Waals surface area contributed by atoms with Crippen molar-refractivity contribution in [1.82, 2.24) is 4.90 Å². The van der Waals surface area contributed by atoms with E-state index in [1.165, 1.54) is 0 Å². The highest BCUT2D eigenvalue weighted by molar-refractivity contribution is 5.67. The molecule has 1 atom stereocenters. The van der Waals surface area contributed by atoms with E-state index in [4.69, 9.17) is 20.1 Å². The SMILES string of the molecule is CCN(CC)C(C)O.O=C(O)CO. The summed E-state index contributed by atoms with van der Waals surface area (Å²) in [5.74, 6) is -1.19. The van der Waals surface area contributed by atoms with Gasteiger partial charge in [-0.3, -0.25) is 4.90 Å². The summed E-state index contributed by atoms with van der Waals surface area (Å²) in [6.45, 7) is 6.93. The number of hydrogen-bond donors (Lipinski definition) is 3. The highest BCUT2D eigenvalue weighted by atomic mass is 16.4. The molecule has 0 aliphatic carbocycles. The van der Waals surface area contributed by atoms with Crippen LogP contribution in [0.4, 0.5) is 0 Å². The van der Waals surface area contributed by atoms with Gasteiger partial charge in [-0.05, 0) is 20.0 Å². The van der Waals surface area contributed by atoms with Crippen molar-refractivity contribution in [2.75, 3.05) is 19.7 Å². The Hall–Kier alpha value is -0.650. The zero-order valence-corrected chi connectivity index (χ0v) is 8.40. The number of hydrogen-bond acceptors (Lipinski definition) is 4. The maximum Gasteiger partial charge on any atom is 0.329 e. The zero-order chi connectivity index (χ0) is 10.9. The van der Waals surface area contributed by atoms with Gasteiger partial charge in [-0.2, -0.15) is 0 Å². The van der Waals surface area contributed by atoms with Crippen molar-refractivity contribution < 1.29 is 20.1 Å². The van der Waals surface area contributed by atoms with Crippen molar-refractivity contribution in [2.24, 2.45) is 0 Å². The molecule has 0 aliphatic heterocycles. The molecule has 80 valence electrons. The van der Waals surface area contributed by atoms with Gasteiger partial charge in [0.2, 0.25) is 0 Å². The van der Waals surface area contributed by atoms with Crippen LogP contribution in [0.2, 0.25) is 0 Å². The first kappa shape index (κ1) is 14.9. The Kier molecular flexibility index (Phi) is 10.8. The predicted molar refractivity (Wildman–Crippen MR) is 49.3 cm³/mol. The van der Waals surface area contributed by atoms with Crippen molar-refractivity contribution in [2.45, 2.75) is 27.0 Å². The van der Waals surface area contributed by atoms with Crippen LogP contribution in [0.5, 0.6) is 0 Å². The summed E-state index contributed by atoms with van der Waals surface area (Å²) < 4.78 is 0. The van der Waals surface area contributed by atoms with Crippen molar-refractivity contribution in [3.63, 3.8) is 0 Å². The zero-order valence-electron chi connectivity index (χ0n) is 8.40. The van der Waals surface area contributed by atoms with Gasteiger partial charge in [-0.15, -0.1) is 0 Å². The summed E-state index contributed by atoms with van der Waals surface area (Å²) in [6.07, 6.45) is -0.287. The summed E-state index contributed by atoms with van der Waals surface area (Å²) >= 11 is 0. The van der Waals surface area contributed by atoms with E-state index in [0.29, 0.717) is 0 Å². The topological polar surface area (TPSA) is 81.0 Å². The third-order valence-electron chi connectivity index (χ3n) is 1.48. The molecule has 1 unspecified atom stereocenters. The molecule has 5 nitrogen and oxygen atoms in total. The number of aliphatic hydroxyl groups is 2. The van der Waals surface area contributed by atoms with Crippen LogP contribution in [0.1, 0.15) is 20.8 Å². The fourth-order valence-electron chi connectivity index (χ4n) is 0.752. The number of aliphatic carboxylic acids is 1. The van der Waals surface area contributed by atoms with Gasteiger partial charge in [-0.1, -0.05) is 13.8 Å². The van der Waals surface area contributed by atoms with Gasteiger partial charge in [0.05, 0.1) is 0 Å². The largest absolute Gasteiger partial charge is 0.480 e. The lowest BCUT2D eigenvalue weighted by atomic mass is 10.5. The molecule has 0 radical (unpaired) electrons. The van der Waals surface area contributed by atoms with Crippen molar-refractivity contribution in [1.29, 1.82) is 0 Å². The van der Waals surface area contributed by atoms with Gasteiger partial charge in [0.15, 0.2) is 0 Å². The molecule has 0 rings (SSSR count). The van der Waals surface area contributed by atoms with Crippen LogP contribution in [0.3, 0.4) is 0 Å². The molecule has 0 amide bonds. The quantitative estimate of drug-likeness (QED) is 0.535. The molecule has 3 N–H and O–H groups in total. The monoisotopic (exact) mass is 193 g/mol. The minimum absolute atomic E-state index is 0.287. The molecule has 0 saturated heterocycles. The van der Waals surface area contributed by atoms with Crippen LogP contribution < -0.4 is 0 Å². The minimum atomic E-state index is -1.19. The molecule has 0 heterocycles. The third-order valence-corrected chi connectivity index (χ3v) is 1.48. The smallest absolute Gasteiger partial charge is 0.329 e. The second kappa shape index (κ2) is 9.44. The van der Waals surface area contributed by atoms with Gasteiger partial charge >= 0.3 is 5.97 Å². The fourth-order valence-corrected chi connectivity index (χ4v) is 0.752. The molecular weight excluding hydrogens is 174 g/mol. The fraction of sp³-hybridized carbons (Fsp3) is 0.875. The summed E-state index contributed by atoms with van der Waals surface area (Å²) in [6, 6.07) is 0. The molecular formula is C8H19NO4. The highest BCUT2D eigenvalue weighted by Gasteiger charge is 2.02. The van der Waals surface area contributed by atoms with E-state index >= 15 is 0 Å². The van der Waals surface area contributed by atoms with Crippen LogP contribution in [-0.2, 0) is 4.79 Å². The Morgan fingerprint density at radius 1 is 1.38 bits per heavy atom. The second-order valence-corrected chi connectivity index (χ2v) is 2.40. The summed E-state index contributed by atoms with van der Waals surface area (Å²) in [5, 5.41) is 24.0. The summed E-state index contributed by atoms with van der Waals surface area (Å²) in [7, 11) is 0. The van der Waals surface area contributed by atoms with Gasteiger partial charge in [0.25, 0.3) is 0 Å². The first-order valence-electron chi connectivity index (χ1n) is 4.24. The molecule has 13 heavy (non-hydrogen) atoms. The lowest BCUT2D eigenvalue weighted by molar-refractivity contribution is -0.140. The Bertz CT molecular complexity index is 123.